The number of nitrogens with zero attached hydrogens (tertiary/aromatic N) is 1. The van der Waals surface area contributed by atoms with Crippen LogP contribution in [0.4, 0.5) is 5.69 Å². The highest BCUT2D eigenvalue weighted by molar-refractivity contribution is 6.06. The van der Waals surface area contributed by atoms with Crippen molar-refractivity contribution in [2.24, 2.45) is 11.7 Å². The second-order valence-corrected chi connectivity index (χ2v) is 9.35. The SMILES string of the molecule is CNC(=O)[C@H]1CC[C@H](Nc2cc(-c3c4n(c5ccccc35)C(=O)CCC4)ccc2C(N)=O)CC1. The van der Waals surface area contributed by atoms with Crippen molar-refractivity contribution in [3.8, 4) is 11.1 Å². The second kappa shape index (κ2) is 8.97. The fourth-order valence-electron chi connectivity index (χ4n) is 5.61. The number of anilines is 1. The van der Waals surface area contributed by atoms with Crippen LogP contribution in [0.2, 0.25) is 0 Å². The topological polar surface area (TPSA) is 106 Å². The standard InChI is InChI=1S/C27H30N4O3/c1-29-27(34)16-9-12-18(13-10-16)30-21-15-17(11-14-19(21)26(28)33)25-20-5-2-3-6-22(20)31-23(25)7-4-8-24(31)32/h2-3,5-6,11,14-16,18,30H,4,7-10,12-13H2,1H3,(H2,28,33)(H,29,34)/t16-,18-. The van der Waals surface area contributed by atoms with Gasteiger partial charge >= 0.3 is 0 Å². The van der Waals surface area contributed by atoms with E-state index in [-0.39, 0.29) is 23.8 Å². The normalized spacial score (nSPS) is 20.1. The molecule has 2 amide bonds. The van der Waals surface area contributed by atoms with E-state index in [1.54, 1.807) is 13.1 Å². The zero-order valence-corrected chi connectivity index (χ0v) is 19.4. The second-order valence-electron chi connectivity index (χ2n) is 9.35. The van der Waals surface area contributed by atoms with Crippen LogP contribution in [0.5, 0.6) is 0 Å². The van der Waals surface area contributed by atoms with Crippen molar-refractivity contribution in [2.45, 2.75) is 51.0 Å². The van der Waals surface area contributed by atoms with E-state index in [0.29, 0.717) is 17.7 Å². The minimum atomic E-state index is -0.480. The van der Waals surface area contributed by atoms with E-state index in [2.05, 4.69) is 16.7 Å². The Morgan fingerprint density at radius 3 is 2.53 bits per heavy atom. The van der Waals surface area contributed by atoms with E-state index in [1.165, 1.54) is 0 Å². The van der Waals surface area contributed by atoms with Crippen LogP contribution in [0.3, 0.4) is 0 Å². The smallest absolute Gasteiger partial charge is 0.250 e. The molecule has 2 aliphatic rings. The highest BCUT2D eigenvalue weighted by atomic mass is 16.2. The first-order chi connectivity index (χ1) is 16.5. The molecule has 4 N–H and O–H groups in total. The monoisotopic (exact) mass is 458 g/mol. The maximum atomic E-state index is 12.8. The quantitative estimate of drug-likeness (QED) is 0.535. The highest BCUT2D eigenvalue weighted by Crippen LogP contribution is 2.39. The Bertz CT molecular complexity index is 1280. The van der Waals surface area contributed by atoms with Gasteiger partial charge in [0, 0.05) is 47.8 Å². The molecule has 3 aromatic rings. The van der Waals surface area contributed by atoms with Crippen molar-refractivity contribution in [3.63, 3.8) is 0 Å². The molecule has 1 aliphatic heterocycles. The first-order valence-corrected chi connectivity index (χ1v) is 12.1. The molecule has 1 fully saturated rings. The number of hydrogen-bond donors (Lipinski definition) is 3. The molecule has 0 saturated heterocycles. The average molecular weight is 459 g/mol. The van der Waals surface area contributed by atoms with Gasteiger partial charge in [-0.15, -0.1) is 0 Å². The van der Waals surface area contributed by atoms with Crippen molar-refractivity contribution in [2.75, 3.05) is 12.4 Å². The van der Waals surface area contributed by atoms with Gasteiger partial charge < -0.3 is 16.4 Å². The predicted octanol–water partition coefficient (Wildman–Crippen LogP) is 4.10. The Labute approximate surface area is 198 Å². The van der Waals surface area contributed by atoms with Gasteiger partial charge in [0.2, 0.25) is 11.8 Å². The molecule has 7 heteroatoms. The number of nitrogens with two attached hydrogens (primary N) is 1. The van der Waals surface area contributed by atoms with Crippen LogP contribution in [0.15, 0.2) is 42.5 Å². The van der Waals surface area contributed by atoms with Crippen LogP contribution in [0, 0.1) is 5.92 Å². The number of para-hydroxylation sites is 1. The zero-order valence-electron chi connectivity index (χ0n) is 19.4. The summed E-state index contributed by atoms with van der Waals surface area (Å²) in [4.78, 5) is 37.0. The number of hydrogen-bond acceptors (Lipinski definition) is 4. The van der Waals surface area contributed by atoms with Crippen LogP contribution in [0.25, 0.3) is 22.0 Å². The van der Waals surface area contributed by atoms with E-state index in [1.807, 2.05) is 34.9 Å². The zero-order chi connectivity index (χ0) is 23.8. The van der Waals surface area contributed by atoms with Crippen LogP contribution in [-0.2, 0) is 11.2 Å². The van der Waals surface area contributed by atoms with E-state index in [4.69, 9.17) is 5.73 Å². The third-order valence-electron chi connectivity index (χ3n) is 7.30. The largest absolute Gasteiger partial charge is 0.382 e. The lowest BCUT2D eigenvalue weighted by atomic mass is 9.85. The lowest BCUT2D eigenvalue weighted by Gasteiger charge is -2.29. The van der Waals surface area contributed by atoms with Gasteiger partial charge in [-0.1, -0.05) is 24.3 Å². The fourth-order valence-corrected chi connectivity index (χ4v) is 5.61. The van der Waals surface area contributed by atoms with Gasteiger partial charge in [0.15, 0.2) is 0 Å². The molecular weight excluding hydrogens is 428 g/mol. The maximum Gasteiger partial charge on any atom is 0.250 e. The summed E-state index contributed by atoms with van der Waals surface area (Å²) in [5.74, 6) is -0.212. The first-order valence-electron chi connectivity index (χ1n) is 12.1. The number of nitrogens with one attached hydrogen (secondary N) is 2. The van der Waals surface area contributed by atoms with E-state index >= 15 is 0 Å². The lowest BCUT2D eigenvalue weighted by Crippen LogP contribution is -2.34. The Morgan fingerprint density at radius 2 is 1.79 bits per heavy atom. The molecule has 1 saturated carbocycles. The van der Waals surface area contributed by atoms with Crippen molar-refractivity contribution in [1.29, 1.82) is 0 Å². The average Bonchev–Trinajstić information content (AvgIpc) is 3.19. The van der Waals surface area contributed by atoms with Crippen LogP contribution in [0.1, 0.15) is 59.4 Å². The molecule has 0 atom stereocenters. The Kier molecular flexibility index (Phi) is 5.86. The molecule has 7 nitrogen and oxygen atoms in total. The molecule has 0 spiro atoms. The number of amides is 2. The number of fused-ring (bicyclic) bond motifs is 3. The summed E-state index contributed by atoms with van der Waals surface area (Å²) in [6, 6.07) is 13.9. The summed E-state index contributed by atoms with van der Waals surface area (Å²) >= 11 is 0. The fraction of sp³-hybridized carbons (Fsp3) is 0.370. The molecule has 1 aliphatic carbocycles. The summed E-state index contributed by atoms with van der Waals surface area (Å²) in [6.45, 7) is 0. The van der Waals surface area contributed by atoms with Gasteiger partial charge in [0.05, 0.1) is 11.1 Å². The van der Waals surface area contributed by atoms with Crippen LogP contribution >= 0.6 is 0 Å². The van der Waals surface area contributed by atoms with Crippen molar-refractivity contribution >= 4 is 34.3 Å². The number of primary amides is 1. The van der Waals surface area contributed by atoms with Gasteiger partial charge in [-0.25, -0.2) is 0 Å². The van der Waals surface area contributed by atoms with E-state index in [9.17, 15) is 14.4 Å². The molecule has 176 valence electrons. The predicted molar refractivity (Wildman–Crippen MR) is 133 cm³/mol. The van der Waals surface area contributed by atoms with Gasteiger partial charge in [-0.05, 0) is 62.3 Å². The van der Waals surface area contributed by atoms with Crippen molar-refractivity contribution in [3.05, 3.63) is 53.7 Å². The molecular formula is C27H30N4O3. The Hall–Kier alpha value is -3.61. The summed E-state index contributed by atoms with van der Waals surface area (Å²) < 4.78 is 1.86. The number of carbonyl (C=O) groups excluding carboxylic acids is 3. The third kappa shape index (κ3) is 3.85. The lowest BCUT2D eigenvalue weighted by molar-refractivity contribution is -0.125. The van der Waals surface area contributed by atoms with Crippen molar-refractivity contribution < 1.29 is 14.4 Å². The maximum absolute atomic E-state index is 12.8. The molecule has 2 aromatic carbocycles. The molecule has 34 heavy (non-hydrogen) atoms. The summed E-state index contributed by atoms with van der Waals surface area (Å²) in [7, 11) is 1.68. The summed E-state index contributed by atoms with van der Waals surface area (Å²) in [5.41, 5.74) is 10.8. The minimum absolute atomic E-state index is 0.0433. The molecule has 0 radical (unpaired) electrons. The van der Waals surface area contributed by atoms with Gasteiger partial charge in [0.25, 0.3) is 5.91 Å². The highest BCUT2D eigenvalue weighted by Gasteiger charge is 2.28. The van der Waals surface area contributed by atoms with E-state index < -0.39 is 5.91 Å². The Morgan fingerprint density at radius 1 is 1.03 bits per heavy atom. The molecule has 2 heterocycles. The van der Waals surface area contributed by atoms with E-state index in [0.717, 1.165) is 66.2 Å². The van der Waals surface area contributed by atoms with Crippen LogP contribution < -0.4 is 16.4 Å². The molecule has 5 rings (SSSR count). The molecule has 0 unspecified atom stereocenters. The Balaban J connectivity index is 1.53. The third-order valence-corrected chi connectivity index (χ3v) is 7.30. The number of benzene rings is 2. The van der Waals surface area contributed by atoms with Crippen LogP contribution in [-0.4, -0.2) is 35.4 Å². The summed E-state index contributed by atoms with van der Waals surface area (Å²) in [6.07, 6.45) is 5.53. The number of aromatic nitrogens is 1. The van der Waals surface area contributed by atoms with Gasteiger partial charge in [0.1, 0.15) is 0 Å². The van der Waals surface area contributed by atoms with Crippen molar-refractivity contribution in [1.82, 2.24) is 9.88 Å². The molecule has 0 bridgehead atoms. The van der Waals surface area contributed by atoms with Gasteiger partial charge in [-0.2, -0.15) is 0 Å². The first kappa shape index (κ1) is 22.2. The minimum Gasteiger partial charge on any atom is -0.382 e. The number of carbonyl (C=O) groups is 3. The molecule has 1 aromatic heterocycles. The van der Waals surface area contributed by atoms with Gasteiger partial charge in [-0.3, -0.25) is 19.0 Å². The number of rotatable bonds is 5. The summed E-state index contributed by atoms with van der Waals surface area (Å²) in [5, 5.41) is 7.32.